The molecule has 2 aromatic rings. The molecule has 142 valence electrons. The molecule has 0 saturated heterocycles. The molecule has 2 heterocycles. The molecule has 0 radical (unpaired) electrons. The summed E-state index contributed by atoms with van der Waals surface area (Å²) in [6.07, 6.45) is 3.15. The van der Waals surface area contributed by atoms with Crippen LogP contribution < -0.4 is 10.9 Å². The average molecular weight is 394 g/mol. The van der Waals surface area contributed by atoms with Crippen molar-refractivity contribution in [3.63, 3.8) is 0 Å². The van der Waals surface area contributed by atoms with Crippen molar-refractivity contribution in [3.8, 4) is 0 Å². The van der Waals surface area contributed by atoms with Crippen molar-refractivity contribution >= 4 is 39.2 Å². The SMILES string of the molecule is CCn1c(SCC(=O)NCC(C)C)nc2sc3c(c2c1=O)CCC(C)C3. The van der Waals surface area contributed by atoms with Crippen LogP contribution in [-0.2, 0) is 24.2 Å². The highest BCUT2D eigenvalue weighted by Gasteiger charge is 2.24. The van der Waals surface area contributed by atoms with E-state index in [9.17, 15) is 9.59 Å². The normalized spacial score (nSPS) is 16.9. The van der Waals surface area contributed by atoms with Gasteiger partial charge in [-0.2, -0.15) is 0 Å². The third-order valence-electron chi connectivity index (χ3n) is 4.74. The molecule has 1 aliphatic carbocycles. The molecular weight excluding hydrogens is 366 g/mol. The maximum absolute atomic E-state index is 13.1. The lowest BCUT2D eigenvalue weighted by Crippen LogP contribution is -2.29. The van der Waals surface area contributed by atoms with Crippen LogP contribution in [0, 0.1) is 11.8 Å². The Hall–Kier alpha value is -1.34. The van der Waals surface area contributed by atoms with E-state index in [1.807, 2.05) is 6.92 Å². The smallest absolute Gasteiger partial charge is 0.263 e. The molecule has 0 bridgehead atoms. The largest absolute Gasteiger partial charge is 0.355 e. The Bertz CT molecular complexity index is 870. The van der Waals surface area contributed by atoms with Crippen LogP contribution in [0.1, 0.15) is 44.6 Å². The monoisotopic (exact) mass is 393 g/mol. The quantitative estimate of drug-likeness (QED) is 0.603. The van der Waals surface area contributed by atoms with Gasteiger partial charge in [-0.1, -0.05) is 32.5 Å². The van der Waals surface area contributed by atoms with Gasteiger partial charge in [0.2, 0.25) is 5.91 Å². The van der Waals surface area contributed by atoms with Crippen LogP contribution in [-0.4, -0.2) is 27.8 Å². The van der Waals surface area contributed by atoms with Crippen LogP contribution in [0.15, 0.2) is 9.95 Å². The van der Waals surface area contributed by atoms with E-state index < -0.39 is 0 Å². The standard InChI is InChI=1S/C19H27N3O2S2/c1-5-22-18(24)16-13-7-6-12(4)8-14(13)26-17(16)21-19(22)25-10-15(23)20-9-11(2)3/h11-12H,5-10H2,1-4H3,(H,20,23). The molecule has 1 amide bonds. The molecule has 0 aromatic carbocycles. The third-order valence-corrected chi connectivity index (χ3v) is 6.86. The zero-order chi connectivity index (χ0) is 18.8. The minimum Gasteiger partial charge on any atom is -0.355 e. The van der Waals surface area contributed by atoms with Gasteiger partial charge in [0.1, 0.15) is 4.83 Å². The highest BCUT2D eigenvalue weighted by Crippen LogP contribution is 2.36. The van der Waals surface area contributed by atoms with Crippen molar-refractivity contribution in [2.45, 2.75) is 58.7 Å². The fourth-order valence-corrected chi connectivity index (χ4v) is 5.61. The number of thioether (sulfide) groups is 1. The number of carbonyl (C=O) groups is 1. The Morgan fingerprint density at radius 1 is 1.46 bits per heavy atom. The summed E-state index contributed by atoms with van der Waals surface area (Å²) in [5, 5.41) is 4.38. The second kappa shape index (κ2) is 8.13. The van der Waals surface area contributed by atoms with E-state index in [0.29, 0.717) is 30.1 Å². The first-order chi connectivity index (χ1) is 12.4. The van der Waals surface area contributed by atoms with Crippen LogP contribution in [0.3, 0.4) is 0 Å². The van der Waals surface area contributed by atoms with Gasteiger partial charge >= 0.3 is 0 Å². The fourth-order valence-electron chi connectivity index (χ4n) is 3.29. The van der Waals surface area contributed by atoms with Crippen molar-refractivity contribution in [1.82, 2.24) is 14.9 Å². The molecule has 3 rings (SSSR count). The number of thiophene rings is 1. The number of aryl methyl sites for hydroxylation is 1. The van der Waals surface area contributed by atoms with Crippen molar-refractivity contribution in [3.05, 3.63) is 20.8 Å². The Kier molecular flexibility index (Phi) is 6.07. The van der Waals surface area contributed by atoms with Crippen LogP contribution in [0.4, 0.5) is 0 Å². The lowest BCUT2D eigenvalue weighted by molar-refractivity contribution is -0.118. The predicted octanol–water partition coefficient (Wildman–Crippen LogP) is 3.47. The second-order valence-electron chi connectivity index (χ2n) is 7.46. The number of aromatic nitrogens is 2. The number of fused-ring (bicyclic) bond motifs is 3. The van der Waals surface area contributed by atoms with Gasteiger partial charge in [0.25, 0.3) is 5.56 Å². The molecule has 0 spiro atoms. The molecule has 1 unspecified atom stereocenters. The van der Waals surface area contributed by atoms with Gasteiger partial charge in [0, 0.05) is 18.0 Å². The number of nitrogens with zero attached hydrogens (tertiary/aromatic N) is 2. The highest BCUT2D eigenvalue weighted by molar-refractivity contribution is 7.99. The summed E-state index contributed by atoms with van der Waals surface area (Å²) >= 11 is 3.01. The van der Waals surface area contributed by atoms with Crippen LogP contribution in [0.5, 0.6) is 0 Å². The number of amides is 1. The number of hydrogen-bond acceptors (Lipinski definition) is 5. The maximum atomic E-state index is 13.1. The van der Waals surface area contributed by atoms with E-state index in [1.165, 1.54) is 22.2 Å². The number of carbonyl (C=O) groups excluding carboxylic acids is 1. The molecule has 0 aliphatic heterocycles. The molecular formula is C19H27N3O2S2. The minimum atomic E-state index is -0.0139. The molecule has 5 nitrogen and oxygen atoms in total. The predicted molar refractivity (Wildman–Crippen MR) is 109 cm³/mol. The molecule has 1 N–H and O–H groups in total. The second-order valence-corrected chi connectivity index (χ2v) is 9.49. The zero-order valence-electron chi connectivity index (χ0n) is 15.9. The number of nitrogens with one attached hydrogen (secondary N) is 1. The van der Waals surface area contributed by atoms with Crippen molar-refractivity contribution in [2.75, 3.05) is 12.3 Å². The summed E-state index contributed by atoms with van der Waals surface area (Å²) in [7, 11) is 0. The van der Waals surface area contributed by atoms with Gasteiger partial charge < -0.3 is 5.32 Å². The molecule has 7 heteroatoms. The Morgan fingerprint density at radius 2 is 2.23 bits per heavy atom. The van der Waals surface area contributed by atoms with Gasteiger partial charge in [-0.3, -0.25) is 14.2 Å². The fraction of sp³-hybridized carbons (Fsp3) is 0.632. The average Bonchev–Trinajstić information content (AvgIpc) is 2.95. The first kappa shape index (κ1) is 19.4. The summed E-state index contributed by atoms with van der Waals surface area (Å²) in [6, 6.07) is 0. The first-order valence-electron chi connectivity index (χ1n) is 9.35. The lowest BCUT2D eigenvalue weighted by atomic mass is 9.89. The van der Waals surface area contributed by atoms with Crippen molar-refractivity contribution < 1.29 is 4.79 Å². The van der Waals surface area contributed by atoms with Gasteiger partial charge in [0.05, 0.1) is 11.1 Å². The van der Waals surface area contributed by atoms with E-state index in [0.717, 1.165) is 29.5 Å². The topological polar surface area (TPSA) is 64.0 Å². The molecule has 2 aromatic heterocycles. The van der Waals surface area contributed by atoms with E-state index >= 15 is 0 Å². The summed E-state index contributed by atoms with van der Waals surface area (Å²) in [4.78, 5) is 32.0. The zero-order valence-corrected chi connectivity index (χ0v) is 17.6. The van der Waals surface area contributed by atoms with Crippen molar-refractivity contribution in [2.24, 2.45) is 11.8 Å². The minimum absolute atomic E-state index is 0.0139. The third kappa shape index (κ3) is 3.98. The molecule has 1 atom stereocenters. The molecule has 26 heavy (non-hydrogen) atoms. The van der Waals surface area contributed by atoms with E-state index in [2.05, 4.69) is 26.1 Å². The van der Waals surface area contributed by atoms with E-state index in [4.69, 9.17) is 4.98 Å². The van der Waals surface area contributed by atoms with Gasteiger partial charge in [-0.15, -0.1) is 11.3 Å². The van der Waals surface area contributed by atoms with Gasteiger partial charge in [-0.05, 0) is 43.6 Å². The van der Waals surface area contributed by atoms with E-state index in [-0.39, 0.29) is 17.2 Å². The van der Waals surface area contributed by atoms with Crippen LogP contribution in [0.2, 0.25) is 0 Å². The van der Waals surface area contributed by atoms with E-state index in [1.54, 1.807) is 15.9 Å². The van der Waals surface area contributed by atoms with Gasteiger partial charge in [0.15, 0.2) is 5.16 Å². The summed E-state index contributed by atoms with van der Waals surface area (Å²) in [6.45, 7) is 9.59. The maximum Gasteiger partial charge on any atom is 0.263 e. The Balaban J connectivity index is 1.89. The van der Waals surface area contributed by atoms with Crippen LogP contribution in [0.25, 0.3) is 10.2 Å². The Morgan fingerprint density at radius 3 is 2.92 bits per heavy atom. The summed E-state index contributed by atoms with van der Waals surface area (Å²) in [5.41, 5.74) is 1.27. The lowest BCUT2D eigenvalue weighted by Gasteiger charge is -2.17. The summed E-state index contributed by atoms with van der Waals surface area (Å²) in [5.74, 6) is 1.36. The van der Waals surface area contributed by atoms with Crippen LogP contribution >= 0.6 is 23.1 Å². The highest BCUT2D eigenvalue weighted by atomic mass is 32.2. The molecule has 0 saturated carbocycles. The number of rotatable bonds is 6. The van der Waals surface area contributed by atoms with Gasteiger partial charge in [-0.25, -0.2) is 4.98 Å². The summed E-state index contributed by atoms with van der Waals surface area (Å²) < 4.78 is 1.72. The Labute approximate surface area is 162 Å². The molecule has 0 fully saturated rings. The number of hydrogen-bond donors (Lipinski definition) is 1. The van der Waals surface area contributed by atoms with Crippen molar-refractivity contribution in [1.29, 1.82) is 0 Å². The first-order valence-corrected chi connectivity index (χ1v) is 11.2. The molecule has 1 aliphatic rings.